The van der Waals surface area contributed by atoms with E-state index in [4.69, 9.17) is 24.3 Å². The topological polar surface area (TPSA) is 107 Å². The lowest BCUT2D eigenvalue weighted by Gasteiger charge is -2.12. The number of aromatic amines is 1. The molecule has 9 nitrogen and oxygen atoms in total. The second-order valence-corrected chi connectivity index (χ2v) is 9.90. The molecule has 0 unspecified atom stereocenters. The number of fused-ring (bicyclic) bond motifs is 3. The molecule has 0 saturated heterocycles. The van der Waals surface area contributed by atoms with E-state index in [0.717, 1.165) is 80.0 Å². The molecule has 4 aromatic heterocycles. The van der Waals surface area contributed by atoms with Gasteiger partial charge in [0.25, 0.3) is 0 Å². The van der Waals surface area contributed by atoms with Gasteiger partial charge >= 0.3 is 0 Å². The van der Waals surface area contributed by atoms with Crippen LogP contribution in [0.15, 0.2) is 22.7 Å². The van der Waals surface area contributed by atoms with Crippen molar-refractivity contribution in [2.24, 2.45) is 0 Å². The fourth-order valence-electron chi connectivity index (χ4n) is 4.90. The number of hydrogen-bond acceptors (Lipinski definition) is 7. The summed E-state index contributed by atoms with van der Waals surface area (Å²) in [6.07, 6.45) is 2.43. The summed E-state index contributed by atoms with van der Waals surface area (Å²) in [6.45, 7) is 11.0. The first-order valence-corrected chi connectivity index (χ1v) is 12.6. The molecule has 1 saturated carbocycles. The fraction of sp³-hybridized carbons (Fsp3) is 0.407. The van der Waals surface area contributed by atoms with Gasteiger partial charge < -0.3 is 19.6 Å². The van der Waals surface area contributed by atoms with Crippen LogP contribution < -0.4 is 10.1 Å². The lowest BCUT2D eigenvalue weighted by molar-refractivity contribution is 0.393. The molecule has 2 N–H and O–H groups in total. The van der Waals surface area contributed by atoms with Crippen LogP contribution in [-0.4, -0.2) is 37.0 Å². The van der Waals surface area contributed by atoms with Crippen LogP contribution in [0.2, 0.25) is 0 Å². The van der Waals surface area contributed by atoms with E-state index in [-0.39, 0.29) is 5.92 Å². The number of ether oxygens (including phenoxy) is 1. The first-order chi connectivity index (χ1) is 17.4. The standard InChI is InChI=1S/C27H31N7O2/c1-7-34-22(12-19(32-34)16-8-9-16)29-27-24-17-11-21(35-6)18(23-14(4)33-36-15(23)5)10-20(17)28-26(24)30-25(31-27)13(2)3/h10-13,16H,7-9H2,1-6H3,(H2,28,29,30,31). The molecule has 0 atom stereocenters. The van der Waals surface area contributed by atoms with Crippen molar-refractivity contribution in [2.45, 2.75) is 65.8 Å². The molecule has 186 valence electrons. The summed E-state index contributed by atoms with van der Waals surface area (Å²) in [7, 11) is 1.68. The number of nitrogens with one attached hydrogen (secondary N) is 2. The molecule has 1 aliphatic rings. The summed E-state index contributed by atoms with van der Waals surface area (Å²) in [6, 6.07) is 6.30. The third-order valence-corrected chi connectivity index (χ3v) is 6.95. The largest absolute Gasteiger partial charge is 0.496 e. The third kappa shape index (κ3) is 3.61. The van der Waals surface area contributed by atoms with Gasteiger partial charge in [0.05, 0.1) is 29.4 Å². The maximum absolute atomic E-state index is 5.84. The first kappa shape index (κ1) is 22.6. The Balaban J connectivity index is 1.57. The highest BCUT2D eigenvalue weighted by Crippen LogP contribution is 2.42. The molecular weight excluding hydrogens is 454 g/mol. The summed E-state index contributed by atoms with van der Waals surface area (Å²) >= 11 is 0. The number of aromatic nitrogens is 6. The summed E-state index contributed by atoms with van der Waals surface area (Å²) in [5, 5.41) is 14.5. The fourth-order valence-corrected chi connectivity index (χ4v) is 4.90. The van der Waals surface area contributed by atoms with Crippen molar-refractivity contribution in [3.8, 4) is 16.9 Å². The van der Waals surface area contributed by atoms with Crippen LogP contribution in [0.5, 0.6) is 5.75 Å². The summed E-state index contributed by atoms with van der Waals surface area (Å²) < 4.78 is 13.3. The van der Waals surface area contributed by atoms with E-state index in [9.17, 15) is 0 Å². The van der Waals surface area contributed by atoms with Crippen LogP contribution in [0.3, 0.4) is 0 Å². The SMILES string of the molecule is CCn1nc(C2CC2)cc1Nc1nc(C(C)C)nc2[nH]c3cc(-c4c(C)noc4C)c(OC)cc3c12. The van der Waals surface area contributed by atoms with Crippen LogP contribution in [-0.2, 0) is 6.54 Å². The van der Waals surface area contributed by atoms with Gasteiger partial charge in [-0.25, -0.2) is 14.6 Å². The monoisotopic (exact) mass is 485 g/mol. The van der Waals surface area contributed by atoms with Crippen molar-refractivity contribution in [1.82, 2.24) is 29.9 Å². The Labute approximate surface area is 209 Å². The molecule has 1 aliphatic carbocycles. The van der Waals surface area contributed by atoms with Crippen molar-refractivity contribution in [2.75, 3.05) is 12.4 Å². The van der Waals surface area contributed by atoms with Crippen LogP contribution in [0, 0.1) is 13.8 Å². The van der Waals surface area contributed by atoms with Crippen LogP contribution >= 0.6 is 0 Å². The van der Waals surface area contributed by atoms with Crippen molar-refractivity contribution < 1.29 is 9.26 Å². The van der Waals surface area contributed by atoms with E-state index in [2.05, 4.69) is 48.4 Å². The Hall–Kier alpha value is -3.88. The number of hydrogen-bond donors (Lipinski definition) is 2. The number of H-pyrrole nitrogens is 1. The first-order valence-electron chi connectivity index (χ1n) is 12.6. The van der Waals surface area contributed by atoms with Crippen LogP contribution in [0.4, 0.5) is 11.6 Å². The zero-order valence-electron chi connectivity index (χ0n) is 21.6. The number of methoxy groups -OCH3 is 1. The molecule has 1 fully saturated rings. The molecule has 4 heterocycles. The lowest BCUT2D eigenvalue weighted by atomic mass is 10.0. The Kier molecular flexibility index (Phi) is 5.24. The minimum atomic E-state index is 0.173. The highest BCUT2D eigenvalue weighted by atomic mass is 16.5. The van der Waals surface area contributed by atoms with E-state index in [0.29, 0.717) is 5.92 Å². The van der Waals surface area contributed by atoms with E-state index < -0.39 is 0 Å². The van der Waals surface area contributed by atoms with Gasteiger partial charge in [-0.1, -0.05) is 19.0 Å². The van der Waals surface area contributed by atoms with Crippen molar-refractivity contribution in [3.05, 3.63) is 41.2 Å². The Morgan fingerprint density at radius 3 is 2.64 bits per heavy atom. The molecule has 1 aromatic carbocycles. The van der Waals surface area contributed by atoms with Gasteiger partial charge in [-0.05, 0) is 45.7 Å². The molecule has 6 rings (SSSR count). The molecular formula is C27H31N7O2. The molecule has 5 aromatic rings. The maximum Gasteiger partial charge on any atom is 0.145 e. The maximum atomic E-state index is 5.84. The van der Waals surface area contributed by atoms with Crippen molar-refractivity contribution >= 4 is 33.6 Å². The predicted molar refractivity (Wildman–Crippen MR) is 140 cm³/mol. The molecule has 0 radical (unpaired) electrons. The van der Waals surface area contributed by atoms with Gasteiger partial charge in [0.1, 0.15) is 34.6 Å². The average molecular weight is 486 g/mol. The minimum absolute atomic E-state index is 0.173. The molecule has 0 spiro atoms. The minimum Gasteiger partial charge on any atom is -0.496 e. The van der Waals surface area contributed by atoms with Gasteiger partial charge in [0.15, 0.2) is 0 Å². The van der Waals surface area contributed by atoms with Crippen LogP contribution in [0.1, 0.15) is 68.4 Å². The molecule has 0 bridgehead atoms. The number of aryl methyl sites for hydroxylation is 3. The van der Waals surface area contributed by atoms with Gasteiger partial charge in [-0.15, -0.1) is 0 Å². The Morgan fingerprint density at radius 1 is 1.19 bits per heavy atom. The number of rotatable bonds is 7. The highest BCUT2D eigenvalue weighted by molar-refractivity contribution is 6.13. The van der Waals surface area contributed by atoms with Crippen molar-refractivity contribution in [3.63, 3.8) is 0 Å². The molecule has 9 heteroatoms. The van der Waals surface area contributed by atoms with Crippen molar-refractivity contribution in [1.29, 1.82) is 0 Å². The van der Waals surface area contributed by atoms with E-state index in [1.54, 1.807) is 7.11 Å². The average Bonchev–Trinajstić information content (AvgIpc) is 3.41. The second kappa shape index (κ2) is 8.36. The lowest BCUT2D eigenvalue weighted by Crippen LogP contribution is -2.07. The summed E-state index contributed by atoms with van der Waals surface area (Å²) in [5.74, 6) is 4.74. The Bertz CT molecular complexity index is 1580. The zero-order valence-corrected chi connectivity index (χ0v) is 21.6. The predicted octanol–water partition coefficient (Wildman–Crippen LogP) is 6.35. The highest BCUT2D eigenvalue weighted by Gasteiger charge is 2.28. The van der Waals surface area contributed by atoms with Gasteiger partial charge in [0.2, 0.25) is 0 Å². The van der Waals surface area contributed by atoms with E-state index in [1.165, 1.54) is 12.8 Å². The second-order valence-electron chi connectivity index (χ2n) is 9.90. The zero-order chi connectivity index (χ0) is 25.1. The normalized spacial score (nSPS) is 13.9. The Morgan fingerprint density at radius 2 is 2.00 bits per heavy atom. The van der Waals surface area contributed by atoms with Gasteiger partial charge in [-0.3, -0.25) is 0 Å². The van der Waals surface area contributed by atoms with Gasteiger partial charge in [-0.2, -0.15) is 5.10 Å². The molecule has 0 amide bonds. The van der Waals surface area contributed by atoms with Gasteiger partial charge in [0, 0.05) is 40.9 Å². The summed E-state index contributed by atoms with van der Waals surface area (Å²) in [4.78, 5) is 13.4. The quantitative estimate of drug-likeness (QED) is 0.276. The smallest absolute Gasteiger partial charge is 0.145 e. The summed E-state index contributed by atoms with van der Waals surface area (Å²) in [5.41, 5.74) is 5.58. The molecule has 0 aliphatic heterocycles. The number of anilines is 2. The van der Waals surface area contributed by atoms with Crippen LogP contribution in [0.25, 0.3) is 33.1 Å². The number of nitrogens with zero attached hydrogens (tertiary/aromatic N) is 5. The third-order valence-electron chi connectivity index (χ3n) is 6.95. The van der Waals surface area contributed by atoms with E-state index in [1.807, 2.05) is 24.6 Å². The molecule has 36 heavy (non-hydrogen) atoms. The van der Waals surface area contributed by atoms with E-state index >= 15 is 0 Å². The number of benzene rings is 1.